The minimum atomic E-state index is -5.58. The topological polar surface area (TPSA) is 372 Å². The summed E-state index contributed by atoms with van der Waals surface area (Å²) in [6.45, 7) is -1.31. The Bertz CT molecular complexity index is 1360. The number of methoxy groups -OCH3 is 1. The molecule has 0 amide bonds. The van der Waals surface area contributed by atoms with Gasteiger partial charge in [-0.2, -0.15) is 38.4 Å². The number of carbonyl (C=O) groups is 1. The van der Waals surface area contributed by atoms with Gasteiger partial charge in [0.15, 0.2) is 24.8 Å². The van der Waals surface area contributed by atoms with Crippen molar-refractivity contribution in [2.24, 2.45) is 0 Å². The average molecular weight is 690 g/mol. The molecule has 24 nitrogen and oxygen atoms in total. The third kappa shape index (κ3) is 10.7. The number of aliphatic hydroxyl groups is 2. The van der Waals surface area contributed by atoms with Crippen LogP contribution < -0.4 is 4.72 Å². The molecule has 2 aliphatic rings. The van der Waals surface area contributed by atoms with Gasteiger partial charge in [-0.3, -0.25) is 18.2 Å². The number of hydrogen-bond donors (Lipinski definition) is 8. The van der Waals surface area contributed by atoms with E-state index >= 15 is 0 Å². The first-order valence-electron chi connectivity index (χ1n) is 10.2. The molecule has 2 saturated heterocycles. The first-order valence-corrected chi connectivity index (χ1v) is 15.7. The molecule has 0 bridgehead atoms. The Morgan fingerprint density at radius 1 is 0.805 bits per heavy atom. The third-order valence-corrected chi connectivity index (χ3v) is 7.06. The summed E-state index contributed by atoms with van der Waals surface area (Å²) < 4.78 is 161. The lowest BCUT2D eigenvalue weighted by Gasteiger charge is -2.47. The van der Waals surface area contributed by atoms with Crippen molar-refractivity contribution >= 4 is 47.5 Å². The van der Waals surface area contributed by atoms with E-state index in [2.05, 4.69) is 17.3 Å². The highest BCUT2D eigenvalue weighted by Gasteiger charge is 2.56. The summed E-state index contributed by atoms with van der Waals surface area (Å²) in [5.74, 6) is -2.04. The molecule has 0 spiro atoms. The standard InChI is InChI=1S/C13H23NO23S4/c1-31-6-3(2-32-39(22,23)24)33-13(4(14-38(19,20)21)7(6)36-40(25,26)27)35-8-5(15)9(37-41(28,29)30)12(18)34-10(8)11(16)17/h3-10,12-15,18H,2H2,1H3,(H,16,17)(H,19,20,21)(H,22,23,24)(H,25,26,27)(H,28,29,30)/t3-,4-,5+,6-,7-,8+,9-,10+,12-,13-/m1/s1. The number of ether oxygens (including phenoxy) is 4. The zero-order chi connectivity index (χ0) is 31.7. The summed E-state index contributed by atoms with van der Waals surface area (Å²) in [6.07, 6.45) is -21.7. The Morgan fingerprint density at radius 2 is 1.34 bits per heavy atom. The Morgan fingerprint density at radius 3 is 1.78 bits per heavy atom. The highest BCUT2D eigenvalue weighted by atomic mass is 32.3. The summed E-state index contributed by atoms with van der Waals surface area (Å²) in [4.78, 5) is 11.7. The van der Waals surface area contributed by atoms with E-state index in [1.165, 1.54) is 4.72 Å². The molecular weight excluding hydrogens is 666 g/mol. The molecule has 0 unspecified atom stereocenters. The summed E-state index contributed by atoms with van der Waals surface area (Å²) in [5, 5.41) is 29.9. The van der Waals surface area contributed by atoms with Gasteiger partial charge in [0, 0.05) is 7.11 Å². The van der Waals surface area contributed by atoms with Crippen LogP contribution in [0.5, 0.6) is 0 Å². The van der Waals surface area contributed by atoms with Crippen LogP contribution in [0.3, 0.4) is 0 Å². The van der Waals surface area contributed by atoms with Gasteiger partial charge in [-0.25, -0.2) is 17.3 Å². The third-order valence-electron chi connectivity index (χ3n) is 5.12. The van der Waals surface area contributed by atoms with Crippen LogP contribution in [-0.4, -0.2) is 148 Å². The van der Waals surface area contributed by atoms with Crippen LogP contribution in [-0.2, 0) is 77.8 Å². The van der Waals surface area contributed by atoms with Gasteiger partial charge in [0.2, 0.25) is 0 Å². The van der Waals surface area contributed by atoms with Crippen molar-refractivity contribution in [3.8, 4) is 0 Å². The number of carboxylic acids is 1. The first kappa shape index (κ1) is 35.9. The fraction of sp³-hybridized carbons (Fsp3) is 0.923. The number of carboxylic acid groups (broad SMARTS) is 1. The molecule has 242 valence electrons. The van der Waals surface area contributed by atoms with Gasteiger partial charge < -0.3 is 34.3 Å². The summed E-state index contributed by atoms with van der Waals surface area (Å²) in [7, 11) is -21.0. The molecule has 41 heavy (non-hydrogen) atoms. The van der Waals surface area contributed by atoms with Crippen molar-refractivity contribution in [3.63, 3.8) is 0 Å². The monoisotopic (exact) mass is 689 g/mol. The molecule has 2 aliphatic heterocycles. The summed E-state index contributed by atoms with van der Waals surface area (Å²) in [5.41, 5.74) is 0. The normalized spacial score (nSPS) is 35.7. The van der Waals surface area contributed by atoms with Gasteiger partial charge in [-0.1, -0.05) is 0 Å². The predicted molar refractivity (Wildman–Crippen MR) is 118 cm³/mol. The molecule has 0 aromatic carbocycles. The van der Waals surface area contributed by atoms with Crippen LogP contribution in [0, 0.1) is 0 Å². The molecule has 0 aromatic rings. The Balaban J connectivity index is 2.63. The minimum absolute atomic E-state index is 0.790. The van der Waals surface area contributed by atoms with Gasteiger partial charge in [0.05, 0.1) is 6.61 Å². The molecule has 0 aliphatic carbocycles. The van der Waals surface area contributed by atoms with Crippen molar-refractivity contribution in [1.82, 2.24) is 4.72 Å². The first-order chi connectivity index (χ1) is 18.4. The van der Waals surface area contributed by atoms with E-state index in [0.29, 0.717) is 0 Å². The summed E-state index contributed by atoms with van der Waals surface area (Å²) >= 11 is 0. The Labute approximate surface area is 230 Å². The second-order valence-electron chi connectivity index (χ2n) is 7.93. The molecule has 0 aromatic heterocycles. The largest absolute Gasteiger partial charge is 0.479 e. The van der Waals surface area contributed by atoms with Crippen molar-refractivity contribution < 1.29 is 103 Å². The smallest absolute Gasteiger partial charge is 0.397 e. The van der Waals surface area contributed by atoms with Gasteiger partial charge in [0.25, 0.3) is 0 Å². The molecule has 2 rings (SSSR count). The van der Waals surface area contributed by atoms with E-state index < -0.39 is 115 Å². The second kappa shape index (κ2) is 13.1. The second-order valence-corrected chi connectivity index (χ2v) is 12.3. The van der Waals surface area contributed by atoms with Crippen LogP contribution in [0.4, 0.5) is 0 Å². The van der Waals surface area contributed by atoms with Crippen molar-refractivity contribution in [2.45, 2.75) is 61.3 Å². The van der Waals surface area contributed by atoms with Crippen molar-refractivity contribution in [2.75, 3.05) is 13.7 Å². The van der Waals surface area contributed by atoms with Crippen LogP contribution in [0.25, 0.3) is 0 Å². The average Bonchev–Trinajstić information content (AvgIpc) is 2.75. The van der Waals surface area contributed by atoms with Gasteiger partial charge in [-0.05, 0) is 0 Å². The van der Waals surface area contributed by atoms with Crippen LogP contribution in [0.1, 0.15) is 0 Å². The lowest BCUT2D eigenvalue weighted by atomic mass is 9.96. The van der Waals surface area contributed by atoms with Gasteiger partial charge in [-0.15, -0.1) is 0 Å². The molecule has 2 heterocycles. The fourth-order valence-electron chi connectivity index (χ4n) is 3.73. The van der Waals surface area contributed by atoms with E-state index in [4.69, 9.17) is 23.3 Å². The molecule has 0 radical (unpaired) electrons. The molecular formula is C13H23NO23S4. The zero-order valence-electron chi connectivity index (χ0n) is 19.8. The molecule has 10 atom stereocenters. The quantitative estimate of drug-likeness (QED) is 0.0835. The SMILES string of the molecule is CO[C@H]1[C@H](OS(=O)(=O)O)[C@@H](NS(=O)(=O)O)[C@@H](O[C@H]2[C@H](O)[C@@H](OS(=O)(=O)O)[C@H](O)O[C@@H]2C(=O)O)O[C@@H]1COS(=O)(=O)O. The predicted octanol–water partition coefficient (Wildman–Crippen LogP) is -5.77. The molecule has 2 fully saturated rings. The number of nitrogens with one attached hydrogen (secondary N) is 1. The minimum Gasteiger partial charge on any atom is -0.479 e. The summed E-state index contributed by atoms with van der Waals surface area (Å²) in [6, 6.07) is -2.44. The molecule has 8 N–H and O–H groups in total. The van der Waals surface area contributed by atoms with Crippen molar-refractivity contribution in [3.05, 3.63) is 0 Å². The van der Waals surface area contributed by atoms with Crippen LogP contribution >= 0.6 is 0 Å². The van der Waals surface area contributed by atoms with E-state index in [1.54, 1.807) is 0 Å². The van der Waals surface area contributed by atoms with Gasteiger partial charge >= 0.3 is 47.5 Å². The number of hydrogen-bond acceptors (Lipinski definition) is 18. The van der Waals surface area contributed by atoms with Crippen molar-refractivity contribution in [1.29, 1.82) is 0 Å². The fourth-order valence-corrected chi connectivity index (χ4v) is 5.63. The van der Waals surface area contributed by atoms with E-state index in [-0.39, 0.29) is 0 Å². The number of aliphatic hydroxyl groups excluding tert-OH is 2. The maximum absolute atomic E-state index is 11.7. The molecule has 0 saturated carbocycles. The van der Waals surface area contributed by atoms with E-state index in [0.717, 1.165) is 7.11 Å². The Kier molecular flexibility index (Phi) is 11.5. The maximum Gasteiger partial charge on any atom is 0.397 e. The lowest BCUT2D eigenvalue weighted by molar-refractivity contribution is -0.331. The zero-order valence-corrected chi connectivity index (χ0v) is 23.0. The van der Waals surface area contributed by atoms with Crippen LogP contribution in [0.2, 0.25) is 0 Å². The van der Waals surface area contributed by atoms with Crippen LogP contribution in [0.15, 0.2) is 0 Å². The lowest BCUT2D eigenvalue weighted by Crippen LogP contribution is -2.69. The number of rotatable bonds is 13. The van der Waals surface area contributed by atoms with E-state index in [9.17, 15) is 62.9 Å². The van der Waals surface area contributed by atoms with E-state index in [1.807, 2.05) is 0 Å². The maximum atomic E-state index is 11.7. The molecule has 28 heteroatoms. The highest BCUT2D eigenvalue weighted by molar-refractivity contribution is 7.83. The highest BCUT2D eigenvalue weighted by Crippen LogP contribution is 2.33. The number of aliphatic carboxylic acids is 1. The van der Waals surface area contributed by atoms with Gasteiger partial charge in [0.1, 0.15) is 36.6 Å². The Hall–Kier alpha value is -1.29.